The Balaban J connectivity index is 1.58. The van der Waals surface area contributed by atoms with Crippen LogP contribution in [0, 0.1) is 0 Å². The number of rotatable bonds is 4. The molecule has 0 radical (unpaired) electrons. The van der Waals surface area contributed by atoms with Crippen molar-refractivity contribution in [2.45, 2.75) is 26.2 Å². The molecule has 5 nitrogen and oxygen atoms in total. The Labute approximate surface area is 227 Å². The molecule has 3 heterocycles. The highest BCUT2D eigenvalue weighted by molar-refractivity contribution is 5.96. The molecular weight excluding hydrogens is 480 g/mol. The Bertz CT molecular complexity index is 1800. The lowest BCUT2D eigenvalue weighted by atomic mass is 9.87. The van der Waals surface area contributed by atoms with Crippen LogP contribution >= 0.6 is 0 Å². The van der Waals surface area contributed by atoms with Gasteiger partial charge in [0.1, 0.15) is 5.82 Å². The number of imidazole rings is 1. The molecule has 0 aliphatic rings. The SMILES string of the molecule is Cn1c(-c2c[nH]cc(C(C)(C)C)c2=O)nc2c(-c3cc(-c4ccccc4)cc(-c4ccccn4)c3)cccc21. The lowest BCUT2D eigenvalue weighted by Gasteiger charge is -2.18. The zero-order chi connectivity index (χ0) is 27.1. The average molecular weight is 511 g/mol. The van der Waals surface area contributed by atoms with E-state index in [-0.39, 0.29) is 10.8 Å². The lowest BCUT2D eigenvalue weighted by Crippen LogP contribution is -2.24. The van der Waals surface area contributed by atoms with Crippen molar-refractivity contribution in [3.8, 4) is 44.9 Å². The van der Waals surface area contributed by atoms with Gasteiger partial charge in [-0.1, -0.05) is 69.3 Å². The van der Waals surface area contributed by atoms with Gasteiger partial charge in [-0.25, -0.2) is 4.98 Å². The van der Waals surface area contributed by atoms with E-state index >= 15 is 0 Å². The molecule has 1 N–H and O–H groups in total. The molecule has 0 bridgehead atoms. The zero-order valence-corrected chi connectivity index (χ0v) is 22.6. The summed E-state index contributed by atoms with van der Waals surface area (Å²) >= 11 is 0. The first-order valence-electron chi connectivity index (χ1n) is 13.1. The van der Waals surface area contributed by atoms with Gasteiger partial charge in [0.05, 0.1) is 22.3 Å². The number of para-hydroxylation sites is 1. The maximum absolute atomic E-state index is 13.5. The van der Waals surface area contributed by atoms with Gasteiger partial charge < -0.3 is 9.55 Å². The molecule has 0 spiro atoms. The van der Waals surface area contributed by atoms with E-state index in [4.69, 9.17) is 4.98 Å². The topological polar surface area (TPSA) is 63.6 Å². The summed E-state index contributed by atoms with van der Waals surface area (Å²) < 4.78 is 2.01. The van der Waals surface area contributed by atoms with Gasteiger partial charge in [0.25, 0.3) is 0 Å². The molecule has 39 heavy (non-hydrogen) atoms. The molecule has 6 aromatic rings. The standard InChI is InChI=1S/C34H30N4O/c1-34(2,3)28-21-35-20-27(32(28)39)33-37-31-26(13-10-15-30(31)38(33)4)24-17-23(22-11-6-5-7-12-22)18-25(19-24)29-14-8-9-16-36-29/h5-21H,1-4H3,(H,35,39). The molecule has 0 saturated heterocycles. The first kappa shape index (κ1) is 24.6. The first-order chi connectivity index (χ1) is 18.8. The zero-order valence-electron chi connectivity index (χ0n) is 22.6. The second-order valence-electron chi connectivity index (χ2n) is 10.9. The van der Waals surface area contributed by atoms with Crippen molar-refractivity contribution in [2.24, 2.45) is 7.05 Å². The highest BCUT2D eigenvalue weighted by atomic mass is 16.1. The van der Waals surface area contributed by atoms with Crippen LogP contribution in [0.4, 0.5) is 0 Å². The van der Waals surface area contributed by atoms with E-state index in [1.807, 2.05) is 62.8 Å². The van der Waals surface area contributed by atoms with E-state index in [1.165, 1.54) is 0 Å². The minimum atomic E-state index is -0.279. The summed E-state index contributed by atoms with van der Waals surface area (Å²) in [5.74, 6) is 0.647. The summed E-state index contributed by atoms with van der Waals surface area (Å²) in [7, 11) is 1.97. The summed E-state index contributed by atoms with van der Waals surface area (Å²) in [5.41, 5.74) is 9.10. The normalized spacial score (nSPS) is 11.7. The molecule has 0 atom stereocenters. The largest absolute Gasteiger partial charge is 0.366 e. The molecule has 0 amide bonds. The number of benzene rings is 3. The number of pyridine rings is 2. The Hall–Kier alpha value is -4.77. The molecule has 192 valence electrons. The van der Waals surface area contributed by atoms with Gasteiger partial charge in [0.2, 0.25) is 0 Å². The van der Waals surface area contributed by atoms with Gasteiger partial charge >= 0.3 is 0 Å². The molecule has 3 aromatic carbocycles. The van der Waals surface area contributed by atoms with Crippen LogP contribution in [0.2, 0.25) is 0 Å². The maximum Gasteiger partial charge on any atom is 0.196 e. The molecule has 3 aromatic heterocycles. The van der Waals surface area contributed by atoms with Crippen LogP contribution in [-0.4, -0.2) is 19.5 Å². The third-order valence-corrected chi connectivity index (χ3v) is 7.22. The Morgan fingerprint density at radius 3 is 2.23 bits per heavy atom. The van der Waals surface area contributed by atoms with Crippen LogP contribution in [0.15, 0.2) is 108 Å². The fourth-order valence-corrected chi connectivity index (χ4v) is 5.16. The van der Waals surface area contributed by atoms with E-state index in [1.54, 1.807) is 12.4 Å². The summed E-state index contributed by atoms with van der Waals surface area (Å²) in [5, 5.41) is 0. The van der Waals surface area contributed by atoms with Crippen molar-refractivity contribution in [1.29, 1.82) is 0 Å². The van der Waals surface area contributed by atoms with Crippen LogP contribution < -0.4 is 5.43 Å². The average Bonchev–Trinajstić information content (AvgIpc) is 3.29. The summed E-state index contributed by atoms with van der Waals surface area (Å²) in [4.78, 5) is 26.4. The van der Waals surface area contributed by atoms with Crippen LogP contribution in [0.1, 0.15) is 26.3 Å². The Morgan fingerprint density at radius 2 is 1.49 bits per heavy atom. The number of H-pyrrole nitrogens is 1. The highest BCUT2D eigenvalue weighted by Crippen LogP contribution is 2.36. The molecule has 0 unspecified atom stereocenters. The highest BCUT2D eigenvalue weighted by Gasteiger charge is 2.23. The minimum absolute atomic E-state index is 0.00437. The third kappa shape index (κ3) is 4.46. The number of nitrogens with one attached hydrogen (secondary N) is 1. The van der Waals surface area contributed by atoms with Gasteiger partial charge in [-0.15, -0.1) is 0 Å². The van der Waals surface area contributed by atoms with Crippen molar-refractivity contribution in [2.75, 3.05) is 0 Å². The Morgan fingerprint density at radius 1 is 0.744 bits per heavy atom. The predicted molar refractivity (Wildman–Crippen MR) is 160 cm³/mol. The van der Waals surface area contributed by atoms with Gasteiger partial charge in [-0.05, 0) is 58.5 Å². The number of aromatic amines is 1. The number of hydrogen-bond donors (Lipinski definition) is 1. The minimum Gasteiger partial charge on any atom is -0.366 e. The number of aromatic nitrogens is 4. The van der Waals surface area contributed by atoms with Crippen molar-refractivity contribution >= 4 is 11.0 Å². The number of hydrogen-bond acceptors (Lipinski definition) is 3. The van der Waals surface area contributed by atoms with Gasteiger partial charge in [-0.3, -0.25) is 9.78 Å². The fourth-order valence-electron chi connectivity index (χ4n) is 5.16. The van der Waals surface area contributed by atoms with E-state index in [9.17, 15) is 4.79 Å². The second-order valence-corrected chi connectivity index (χ2v) is 10.9. The van der Waals surface area contributed by atoms with Crippen molar-refractivity contribution in [1.82, 2.24) is 19.5 Å². The third-order valence-electron chi connectivity index (χ3n) is 7.22. The molecule has 0 fully saturated rings. The second kappa shape index (κ2) is 9.52. The van der Waals surface area contributed by atoms with E-state index in [2.05, 4.69) is 70.6 Å². The van der Waals surface area contributed by atoms with Crippen LogP contribution in [-0.2, 0) is 12.5 Å². The number of nitrogens with zero attached hydrogens (tertiary/aromatic N) is 3. The van der Waals surface area contributed by atoms with Crippen LogP contribution in [0.25, 0.3) is 55.9 Å². The summed E-state index contributed by atoms with van der Waals surface area (Å²) in [6.07, 6.45) is 5.38. The lowest BCUT2D eigenvalue weighted by molar-refractivity contribution is 0.583. The van der Waals surface area contributed by atoms with E-state index < -0.39 is 0 Å². The molecule has 0 aliphatic carbocycles. The smallest absolute Gasteiger partial charge is 0.196 e. The number of aryl methyl sites for hydroxylation is 1. The van der Waals surface area contributed by atoms with Crippen molar-refractivity contribution in [3.63, 3.8) is 0 Å². The predicted octanol–water partition coefficient (Wildman–Crippen LogP) is 7.62. The molecule has 6 rings (SSSR count). The first-order valence-corrected chi connectivity index (χ1v) is 13.1. The monoisotopic (exact) mass is 510 g/mol. The maximum atomic E-state index is 13.5. The number of fused-ring (bicyclic) bond motifs is 1. The molecular formula is C34H30N4O. The van der Waals surface area contributed by atoms with Crippen molar-refractivity contribution < 1.29 is 0 Å². The van der Waals surface area contributed by atoms with Crippen LogP contribution in [0.3, 0.4) is 0 Å². The molecule has 0 aliphatic heterocycles. The fraction of sp³-hybridized carbons (Fsp3) is 0.147. The van der Waals surface area contributed by atoms with Gasteiger partial charge in [0, 0.05) is 42.3 Å². The van der Waals surface area contributed by atoms with E-state index in [0.717, 1.165) is 50.1 Å². The van der Waals surface area contributed by atoms with Gasteiger partial charge in [0.15, 0.2) is 5.43 Å². The van der Waals surface area contributed by atoms with E-state index in [0.29, 0.717) is 11.4 Å². The van der Waals surface area contributed by atoms with Crippen LogP contribution in [0.5, 0.6) is 0 Å². The Kier molecular flexibility index (Phi) is 5.99. The van der Waals surface area contributed by atoms with Crippen molar-refractivity contribution in [3.05, 3.63) is 119 Å². The van der Waals surface area contributed by atoms with Gasteiger partial charge in [-0.2, -0.15) is 0 Å². The molecule has 5 heteroatoms. The molecule has 0 saturated carbocycles. The summed E-state index contributed by atoms with van der Waals surface area (Å²) in [6.45, 7) is 6.15. The quantitative estimate of drug-likeness (QED) is 0.265. The summed E-state index contributed by atoms with van der Waals surface area (Å²) in [6, 6.07) is 29.1.